The summed E-state index contributed by atoms with van der Waals surface area (Å²) in [6, 6.07) is 16.5. The molecule has 0 aliphatic rings. The number of benzene rings is 2. The van der Waals surface area contributed by atoms with E-state index in [1.807, 2.05) is 24.3 Å². The number of carbonyl (C=O) groups is 1. The van der Waals surface area contributed by atoms with E-state index in [9.17, 15) is 4.79 Å². The minimum absolute atomic E-state index is 0.0563. The molecular formula is C22H30N4O. The summed E-state index contributed by atoms with van der Waals surface area (Å²) in [7, 11) is 2.06. The van der Waals surface area contributed by atoms with Crippen LogP contribution in [0.5, 0.6) is 0 Å². The second-order valence-electron chi connectivity index (χ2n) is 6.71. The van der Waals surface area contributed by atoms with E-state index in [-0.39, 0.29) is 5.91 Å². The van der Waals surface area contributed by atoms with E-state index in [1.165, 1.54) is 23.6 Å². The molecule has 1 amide bonds. The highest BCUT2D eigenvalue weighted by Crippen LogP contribution is 2.10. The van der Waals surface area contributed by atoms with Crippen LogP contribution in [0.2, 0.25) is 0 Å². The topological polar surface area (TPSA) is 56.7 Å². The van der Waals surface area contributed by atoms with Crippen LogP contribution < -0.4 is 10.6 Å². The first-order valence-electron chi connectivity index (χ1n) is 9.39. The summed E-state index contributed by atoms with van der Waals surface area (Å²) in [4.78, 5) is 18.0. The van der Waals surface area contributed by atoms with Gasteiger partial charge in [-0.2, -0.15) is 0 Å². The number of hydrogen-bond acceptors (Lipinski definition) is 2. The van der Waals surface area contributed by atoms with E-state index >= 15 is 0 Å². The maximum absolute atomic E-state index is 11.1. The van der Waals surface area contributed by atoms with Gasteiger partial charge in [0.1, 0.15) is 0 Å². The molecule has 0 spiro atoms. The fraction of sp³-hybridized carbons (Fsp3) is 0.364. The first-order valence-corrected chi connectivity index (χ1v) is 9.39. The van der Waals surface area contributed by atoms with E-state index < -0.39 is 0 Å². The van der Waals surface area contributed by atoms with Crippen molar-refractivity contribution in [2.75, 3.05) is 25.5 Å². The summed E-state index contributed by atoms with van der Waals surface area (Å²) in [5.41, 5.74) is 4.56. The van der Waals surface area contributed by atoms with Crippen LogP contribution in [0.15, 0.2) is 53.5 Å². The van der Waals surface area contributed by atoms with Crippen LogP contribution in [-0.2, 0) is 17.8 Å². The summed E-state index contributed by atoms with van der Waals surface area (Å²) in [6.07, 6.45) is 0.855. The fourth-order valence-electron chi connectivity index (χ4n) is 2.76. The van der Waals surface area contributed by atoms with Crippen molar-refractivity contribution in [2.24, 2.45) is 4.99 Å². The quantitative estimate of drug-likeness (QED) is 0.581. The lowest BCUT2D eigenvalue weighted by Crippen LogP contribution is -2.38. The van der Waals surface area contributed by atoms with Crippen LogP contribution >= 0.6 is 0 Å². The molecule has 2 aromatic carbocycles. The number of rotatable bonds is 7. The Morgan fingerprint density at radius 2 is 1.67 bits per heavy atom. The molecule has 0 aliphatic heterocycles. The molecule has 0 heterocycles. The van der Waals surface area contributed by atoms with E-state index in [0.717, 1.165) is 31.2 Å². The normalized spacial score (nSPS) is 11.2. The van der Waals surface area contributed by atoms with Crippen LogP contribution in [0.4, 0.5) is 5.69 Å². The Kier molecular flexibility index (Phi) is 7.86. The van der Waals surface area contributed by atoms with Crippen molar-refractivity contribution >= 4 is 17.6 Å². The highest BCUT2D eigenvalue weighted by molar-refractivity contribution is 5.88. The number of aliphatic imine (C=N–C) groups is 1. The standard InChI is InChI=1S/C22H30N4O/c1-5-23-22(26(4)16-20-8-6-17(2)7-9-20)24-15-14-19-10-12-21(13-11-19)25-18(3)27/h6-13H,5,14-16H2,1-4H3,(H,23,24)(H,25,27). The minimum Gasteiger partial charge on any atom is -0.357 e. The monoisotopic (exact) mass is 366 g/mol. The molecule has 27 heavy (non-hydrogen) atoms. The van der Waals surface area contributed by atoms with Gasteiger partial charge in [0.15, 0.2) is 5.96 Å². The Hall–Kier alpha value is -2.82. The number of carbonyl (C=O) groups excluding carboxylic acids is 1. The number of nitrogens with one attached hydrogen (secondary N) is 2. The van der Waals surface area contributed by atoms with Crippen molar-refractivity contribution in [1.29, 1.82) is 0 Å². The predicted octanol–water partition coefficient (Wildman–Crippen LogP) is 3.59. The van der Waals surface area contributed by atoms with Gasteiger partial charge in [-0.3, -0.25) is 9.79 Å². The largest absolute Gasteiger partial charge is 0.357 e. The Morgan fingerprint density at radius 3 is 2.26 bits per heavy atom. The van der Waals surface area contributed by atoms with Crippen molar-refractivity contribution in [3.05, 3.63) is 65.2 Å². The van der Waals surface area contributed by atoms with Gasteiger partial charge in [-0.05, 0) is 43.5 Å². The summed E-state index contributed by atoms with van der Waals surface area (Å²) in [5, 5.41) is 6.14. The zero-order valence-electron chi connectivity index (χ0n) is 16.7. The van der Waals surface area contributed by atoms with Crippen LogP contribution in [0, 0.1) is 6.92 Å². The van der Waals surface area contributed by atoms with E-state index in [2.05, 4.69) is 60.7 Å². The third kappa shape index (κ3) is 7.13. The number of hydrogen-bond donors (Lipinski definition) is 2. The smallest absolute Gasteiger partial charge is 0.221 e. The molecule has 144 valence electrons. The summed E-state index contributed by atoms with van der Waals surface area (Å²) in [6.45, 7) is 8.05. The van der Waals surface area contributed by atoms with Crippen LogP contribution in [0.1, 0.15) is 30.5 Å². The van der Waals surface area contributed by atoms with Gasteiger partial charge in [-0.1, -0.05) is 42.0 Å². The van der Waals surface area contributed by atoms with Crippen molar-refractivity contribution in [1.82, 2.24) is 10.2 Å². The summed E-state index contributed by atoms with van der Waals surface area (Å²) in [5.74, 6) is 0.854. The lowest BCUT2D eigenvalue weighted by molar-refractivity contribution is -0.114. The van der Waals surface area contributed by atoms with Crippen molar-refractivity contribution in [3.8, 4) is 0 Å². The zero-order valence-corrected chi connectivity index (χ0v) is 16.7. The first kappa shape index (κ1) is 20.5. The fourth-order valence-corrected chi connectivity index (χ4v) is 2.76. The molecule has 2 N–H and O–H groups in total. The SMILES string of the molecule is CCNC(=NCCc1ccc(NC(C)=O)cc1)N(C)Cc1ccc(C)cc1. The molecule has 0 fully saturated rings. The first-order chi connectivity index (χ1) is 13.0. The van der Waals surface area contributed by atoms with Gasteiger partial charge in [0.2, 0.25) is 5.91 Å². The Bertz CT molecular complexity index is 751. The van der Waals surface area contributed by atoms with Crippen molar-refractivity contribution in [3.63, 3.8) is 0 Å². The molecule has 2 rings (SSSR count). The Morgan fingerprint density at radius 1 is 1.04 bits per heavy atom. The number of amides is 1. The molecule has 0 saturated carbocycles. The van der Waals surface area contributed by atoms with Crippen LogP contribution in [0.3, 0.4) is 0 Å². The second kappa shape index (κ2) is 10.4. The molecular weight excluding hydrogens is 336 g/mol. The van der Waals surface area contributed by atoms with E-state index in [1.54, 1.807) is 0 Å². The molecule has 0 aliphatic carbocycles. The number of aryl methyl sites for hydroxylation is 1. The van der Waals surface area contributed by atoms with Gasteiger partial charge in [0, 0.05) is 39.3 Å². The molecule has 0 radical (unpaired) electrons. The summed E-state index contributed by atoms with van der Waals surface area (Å²) >= 11 is 0. The van der Waals surface area contributed by atoms with Crippen LogP contribution in [0.25, 0.3) is 0 Å². The van der Waals surface area contributed by atoms with E-state index in [0.29, 0.717) is 6.54 Å². The van der Waals surface area contributed by atoms with Gasteiger partial charge in [-0.15, -0.1) is 0 Å². The number of anilines is 1. The van der Waals surface area contributed by atoms with Crippen molar-refractivity contribution < 1.29 is 4.79 Å². The van der Waals surface area contributed by atoms with Gasteiger partial charge >= 0.3 is 0 Å². The average Bonchev–Trinajstić information content (AvgIpc) is 2.64. The molecule has 0 saturated heterocycles. The maximum Gasteiger partial charge on any atom is 0.221 e. The number of guanidine groups is 1. The van der Waals surface area contributed by atoms with E-state index in [4.69, 9.17) is 4.99 Å². The van der Waals surface area contributed by atoms with Crippen molar-refractivity contribution in [2.45, 2.75) is 33.7 Å². The molecule has 2 aromatic rings. The molecule has 0 atom stereocenters. The van der Waals surface area contributed by atoms with Gasteiger partial charge in [0.05, 0.1) is 0 Å². The van der Waals surface area contributed by atoms with Gasteiger partial charge < -0.3 is 15.5 Å². The Labute approximate surface area is 162 Å². The molecule has 0 bridgehead atoms. The number of nitrogens with zero attached hydrogens (tertiary/aromatic N) is 2. The molecule has 5 nitrogen and oxygen atoms in total. The predicted molar refractivity (Wildman–Crippen MR) is 113 cm³/mol. The van der Waals surface area contributed by atoms with Gasteiger partial charge in [0.25, 0.3) is 0 Å². The van der Waals surface area contributed by atoms with Gasteiger partial charge in [-0.25, -0.2) is 0 Å². The second-order valence-corrected chi connectivity index (χ2v) is 6.71. The van der Waals surface area contributed by atoms with Crippen LogP contribution in [-0.4, -0.2) is 36.9 Å². The third-order valence-corrected chi connectivity index (χ3v) is 4.17. The zero-order chi connectivity index (χ0) is 19.6. The highest BCUT2D eigenvalue weighted by Gasteiger charge is 2.06. The molecule has 0 unspecified atom stereocenters. The molecule has 0 aromatic heterocycles. The Balaban J connectivity index is 1.93. The lowest BCUT2D eigenvalue weighted by Gasteiger charge is -2.22. The summed E-state index contributed by atoms with van der Waals surface area (Å²) < 4.78 is 0. The lowest BCUT2D eigenvalue weighted by atomic mass is 10.1. The highest BCUT2D eigenvalue weighted by atomic mass is 16.1. The minimum atomic E-state index is -0.0563. The molecule has 5 heteroatoms. The third-order valence-electron chi connectivity index (χ3n) is 4.17. The average molecular weight is 367 g/mol. The maximum atomic E-state index is 11.1.